The van der Waals surface area contributed by atoms with Crippen LogP contribution in [0, 0.1) is 0 Å². The van der Waals surface area contributed by atoms with E-state index in [9.17, 15) is 9.90 Å². The summed E-state index contributed by atoms with van der Waals surface area (Å²) in [6.45, 7) is 0. The van der Waals surface area contributed by atoms with E-state index in [4.69, 9.17) is 0 Å². The van der Waals surface area contributed by atoms with Crippen molar-refractivity contribution in [2.24, 2.45) is 0 Å². The van der Waals surface area contributed by atoms with Gasteiger partial charge in [0.2, 0.25) is 0 Å². The van der Waals surface area contributed by atoms with E-state index in [0.717, 1.165) is 21.9 Å². The van der Waals surface area contributed by atoms with Crippen molar-refractivity contribution >= 4 is 28.1 Å². The Kier molecular flexibility index (Phi) is 2.61. The van der Waals surface area contributed by atoms with E-state index < -0.39 is 5.97 Å². The highest BCUT2D eigenvalue weighted by atomic mass is 32.1. The molecule has 3 heteroatoms. The molecular formula is C15H10O2S. The van der Waals surface area contributed by atoms with Gasteiger partial charge in [0.15, 0.2) is 0 Å². The van der Waals surface area contributed by atoms with Gasteiger partial charge in [-0.25, -0.2) is 4.79 Å². The predicted molar refractivity (Wildman–Crippen MR) is 74.2 cm³/mol. The zero-order chi connectivity index (χ0) is 12.5. The number of carbonyl (C=O) groups is 1. The topological polar surface area (TPSA) is 37.3 Å². The number of aromatic carboxylic acids is 1. The number of carboxylic acid groups (broad SMARTS) is 1. The smallest absolute Gasteiger partial charge is 0.336 e. The minimum absolute atomic E-state index is 0.381. The van der Waals surface area contributed by atoms with E-state index in [-0.39, 0.29) is 0 Å². The molecule has 0 fully saturated rings. The van der Waals surface area contributed by atoms with Gasteiger partial charge >= 0.3 is 5.97 Å². The summed E-state index contributed by atoms with van der Waals surface area (Å²) in [5, 5.41) is 15.1. The van der Waals surface area contributed by atoms with Crippen molar-refractivity contribution in [1.82, 2.24) is 0 Å². The molecule has 0 aliphatic rings. The third-order valence-electron chi connectivity index (χ3n) is 2.98. The number of benzene rings is 2. The van der Waals surface area contributed by atoms with Gasteiger partial charge in [0.25, 0.3) is 0 Å². The van der Waals surface area contributed by atoms with Gasteiger partial charge in [0, 0.05) is 0 Å². The molecule has 0 atom stereocenters. The lowest BCUT2D eigenvalue weighted by atomic mass is 9.96. The highest BCUT2D eigenvalue weighted by molar-refractivity contribution is 7.08. The Morgan fingerprint density at radius 2 is 1.89 bits per heavy atom. The summed E-state index contributed by atoms with van der Waals surface area (Å²) in [6.07, 6.45) is 0. The summed E-state index contributed by atoms with van der Waals surface area (Å²) in [5.74, 6) is -0.881. The number of hydrogen-bond donors (Lipinski definition) is 1. The lowest BCUT2D eigenvalue weighted by molar-refractivity contribution is 0.0700. The normalized spacial score (nSPS) is 10.7. The molecule has 0 radical (unpaired) electrons. The molecule has 2 nitrogen and oxygen atoms in total. The number of thiophene rings is 1. The highest BCUT2D eigenvalue weighted by Crippen LogP contribution is 2.31. The summed E-state index contributed by atoms with van der Waals surface area (Å²) < 4.78 is 0. The minimum Gasteiger partial charge on any atom is -0.478 e. The van der Waals surface area contributed by atoms with Gasteiger partial charge in [-0.05, 0) is 38.7 Å². The highest BCUT2D eigenvalue weighted by Gasteiger charge is 2.15. The number of fused-ring (bicyclic) bond motifs is 1. The molecule has 18 heavy (non-hydrogen) atoms. The Morgan fingerprint density at radius 3 is 2.61 bits per heavy atom. The fourth-order valence-corrected chi connectivity index (χ4v) is 2.82. The number of rotatable bonds is 2. The lowest BCUT2D eigenvalue weighted by Crippen LogP contribution is -2.00. The first-order valence-corrected chi connectivity index (χ1v) is 6.49. The molecule has 0 saturated carbocycles. The summed E-state index contributed by atoms with van der Waals surface area (Å²) in [6, 6.07) is 13.4. The Balaban J connectivity index is 2.39. The van der Waals surface area contributed by atoms with E-state index in [1.165, 1.54) is 0 Å². The molecule has 1 N–H and O–H groups in total. The van der Waals surface area contributed by atoms with Crippen LogP contribution in [0.1, 0.15) is 10.4 Å². The van der Waals surface area contributed by atoms with Crippen LogP contribution in [0.5, 0.6) is 0 Å². The molecule has 0 amide bonds. The van der Waals surface area contributed by atoms with Gasteiger partial charge in [-0.3, -0.25) is 0 Å². The Morgan fingerprint density at radius 1 is 1.06 bits per heavy atom. The minimum atomic E-state index is -0.881. The van der Waals surface area contributed by atoms with E-state index in [0.29, 0.717) is 5.56 Å². The summed E-state index contributed by atoms with van der Waals surface area (Å²) in [4.78, 5) is 11.5. The van der Waals surface area contributed by atoms with Crippen LogP contribution in [-0.2, 0) is 0 Å². The summed E-state index contributed by atoms with van der Waals surface area (Å²) in [5.41, 5.74) is 2.12. The quantitative estimate of drug-likeness (QED) is 0.741. The third kappa shape index (κ3) is 1.69. The van der Waals surface area contributed by atoms with Crippen LogP contribution in [0.25, 0.3) is 21.9 Å². The first-order valence-electron chi connectivity index (χ1n) is 5.55. The molecule has 0 saturated heterocycles. The molecule has 0 aliphatic carbocycles. The van der Waals surface area contributed by atoms with Crippen LogP contribution in [0.3, 0.4) is 0 Å². The van der Waals surface area contributed by atoms with Crippen molar-refractivity contribution in [2.45, 2.75) is 0 Å². The van der Waals surface area contributed by atoms with Crippen LogP contribution >= 0.6 is 11.3 Å². The Hall–Kier alpha value is -2.13. The summed E-state index contributed by atoms with van der Waals surface area (Å²) in [7, 11) is 0. The molecular weight excluding hydrogens is 244 g/mol. The lowest BCUT2D eigenvalue weighted by Gasteiger charge is -2.08. The van der Waals surface area contributed by atoms with Gasteiger partial charge in [-0.1, -0.05) is 36.4 Å². The van der Waals surface area contributed by atoms with Crippen molar-refractivity contribution in [3.05, 3.63) is 58.8 Å². The molecule has 88 valence electrons. The van der Waals surface area contributed by atoms with Gasteiger partial charge in [-0.2, -0.15) is 11.3 Å². The van der Waals surface area contributed by atoms with Crippen molar-refractivity contribution < 1.29 is 9.90 Å². The number of hydrogen-bond acceptors (Lipinski definition) is 2. The zero-order valence-electron chi connectivity index (χ0n) is 9.46. The van der Waals surface area contributed by atoms with Gasteiger partial charge < -0.3 is 5.11 Å². The molecule has 3 rings (SSSR count). The molecule has 0 unspecified atom stereocenters. The van der Waals surface area contributed by atoms with Crippen LogP contribution < -0.4 is 0 Å². The van der Waals surface area contributed by atoms with Gasteiger partial charge in [0.1, 0.15) is 0 Å². The molecule has 0 aliphatic heterocycles. The SMILES string of the molecule is O=C(O)c1c(-c2ccsc2)ccc2ccccc12. The molecule has 0 spiro atoms. The van der Waals surface area contributed by atoms with Crippen LogP contribution in [0.15, 0.2) is 53.2 Å². The fourth-order valence-electron chi connectivity index (χ4n) is 2.16. The average Bonchev–Trinajstić information content (AvgIpc) is 2.90. The average molecular weight is 254 g/mol. The van der Waals surface area contributed by atoms with Crippen molar-refractivity contribution in [2.75, 3.05) is 0 Å². The predicted octanol–water partition coefficient (Wildman–Crippen LogP) is 4.27. The van der Waals surface area contributed by atoms with Crippen LogP contribution in [0.2, 0.25) is 0 Å². The maximum absolute atomic E-state index is 11.5. The maximum atomic E-state index is 11.5. The first kappa shape index (κ1) is 11.0. The first-order chi connectivity index (χ1) is 8.77. The van der Waals surface area contributed by atoms with Crippen LogP contribution in [0.4, 0.5) is 0 Å². The van der Waals surface area contributed by atoms with E-state index in [2.05, 4.69) is 0 Å². The van der Waals surface area contributed by atoms with Gasteiger partial charge in [0.05, 0.1) is 5.56 Å². The van der Waals surface area contributed by atoms with E-state index in [1.807, 2.05) is 53.2 Å². The molecule has 1 heterocycles. The zero-order valence-corrected chi connectivity index (χ0v) is 10.3. The van der Waals surface area contributed by atoms with Crippen molar-refractivity contribution in [3.8, 4) is 11.1 Å². The third-order valence-corrected chi connectivity index (χ3v) is 3.66. The Bertz CT molecular complexity index is 714. The summed E-state index contributed by atoms with van der Waals surface area (Å²) >= 11 is 1.57. The largest absolute Gasteiger partial charge is 0.478 e. The van der Waals surface area contributed by atoms with Crippen molar-refractivity contribution in [1.29, 1.82) is 0 Å². The molecule has 0 bridgehead atoms. The number of carboxylic acids is 1. The van der Waals surface area contributed by atoms with E-state index >= 15 is 0 Å². The molecule has 2 aromatic carbocycles. The van der Waals surface area contributed by atoms with Gasteiger partial charge in [-0.15, -0.1) is 0 Å². The second-order valence-corrected chi connectivity index (χ2v) is 4.81. The van der Waals surface area contributed by atoms with Crippen molar-refractivity contribution in [3.63, 3.8) is 0 Å². The monoisotopic (exact) mass is 254 g/mol. The fraction of sp³-hybridized carbons (Fsp3) is 0. The Labute approximate surface area is 108 Å². The second kappa shape index (κ2) is 4.27. The molecule has 3 aromatic rings. The molecule has 1 aromatic heterocycles. The van der Waals surface area contributed by atoms with E-state index in [1.54, 1.807) is 11.3 Å². The maximum Gasteiger partial charge on any atom is 0.336 e. The van der Waals surface area contributed by atoms with Crippen LogP contribution in [-0.4, -0.2) is 11.1 Å². The second-order valence-electron chi connectivity index (χ2n) is 4.03. The standard InChI is InChI=1S/C15H10O2S/c16-15(17)14-12-4-2-1-3-10(12)5-6-13(14)11-7-8-18-9-11/h1-9H,(H,16,17).